The Morgan fingerprint density at radius 2 is 1.39 bits per heavy atom. The van der Waals surface area contributed by atoms with Gasteiger partial charge in [-0.25, -0.2) is 13.2 Å². The lowest BCUT2D eigenvalue weighted by atomic mass is 10.3. The Bertz CT molecular complexity index is 630. The van der Waals surface area contributed by atoms with Gasteiger partial charge >= 0.3 is 6.47 Å². The lowest BCUT2D eigenvalue weighted by Gasteiger charge is -2.04. The highest BCUT2D eigenvalue weighted by molar-refractivity contribution is 7.91. The van der Waals surface area contributed by atoms with Gasteiger partial charge in [-0.2, -0.15) is 0 Å². The van der Waals surface area contributed by atoms with Crippen molar-refractivity contribution in [2.75, 3.05) is 0 Å². The molecule has 0 saturated carbocycles. The number of carbonyl (C=O) groups excluding carboxylic acids is 1. The molecule has 0 aliphatic heterocycles. The van der Waals surface area contributed by atoms with E-state index in [1.807, 2.05) is 0 Å². The summed E-state index contributed by atoms with van der Waals surface area (Å²) in [5.41, 5.74) is 0. The summed E-state index contributed by atoms with van der Waals surface area (Å²) in [5, 5.41) is 0. The molecule has 4 nitrogen and oxygen atoms in total. The first-order valence-electron chi connectivity index (χ1n) is 5.09. The highest BCUT2D eigenvalue weighted by Gasteiger charge is 2.16. The molecule has 2 aromatic carbocycles. The zero-order chi connectivity index (χ0) is 13.0. The molecule has 0 heterocycles. The van der Waals surface area contributed by atoms with Crippen molar-refractivity contribution in [1.82, 2.24) is 0 Å². The Morgan fingerprint density at radius 1 is 0.833 bits per heavy atom. The third-order valence-corrected chi connectivity index (χ3v) is 4.13. The van der Waals surface area contributed by atoms with Crippen LogP contribution in [0.5, 0.6) is 5.75 Å². The first-order chi connectivity index (χ1) is 8.64. The molecule has 0 aliphatic carbocycles. The molecule has 0 atom stereocenters. The maximum absolute atomic E-state index is 12.2. The standard InChI is InChI=1S/C13H9O4S/c14-10-17-11-6-8-13(9-7-11)18(15,16)12-4-2-1-3-5-12/h1-9H. The molecule has 0 saturated heterocycles. The van der Waals surface area contributed by atoms with Crippen molar-refractivity contribution in [3.63, 3.8) is 0 Å². The van der Waals surface area contributed by atoms with Crippen LogP contribution in [-0.2, 0) is 14.6 Å². The van der Waals surface area contributed by atoms with Crippen molar-refractivity contribution in [1.29, 1.82) is 0 Å². The number of benzene rings is 2. The molecule has 0 fully saturated rings. The molecule has 2 rings (SSSR count). The molecular weight excluding hydrogens is 252 g/mol. The minimum Gasteiger partial charge on any atom is -0.418 e. The zero-order valence-electron chi connectivity index (χ0n) is 9.24. The van der Waals surface area contributed by atoms with E-state index in [0.29, 0.717) is 0 Å². The maximum Gasteiger partial charge on any atom is 0.423 e. The van der Waals surface area contributed by atoms with E-state index in [4.69, 9.17) is 0 Å². The third kappa shape index (κ3) is 2.41. The molecule has 0 unspecified atom stereocenters. The van der Waals surface area contributed by atoms with Gasteiger partial charge in [-0.05, 0) is 36.4 Å². The van der Waals surface area contributed by atoms with E-state index in [-0.39, 0.29) is 15.5 Å². The van der Waals surface area contributed by atoms with E-state index < -0.39 is 9.84 Å². The molecule has 0 spiro atoms. The van der Waals surface area contributed by atoms with Crippen LogP contribution < -0.4 is 4.74 Å². The second-order valence-electron chi connectivity index (χ2n) is 3.47. The van der Waals surface area contributed by atoms with Crippen LogP contribution in [0, 0.1) is 0 Å². The van der Waals surface area contributed by atoms with Gasteiger partial charge in [-0.3, -0.25) is 0 Å². The van der Waals surface area contributed by atoms with Gasteiger partial charge in [-0.1, -0.05) is 18.2 Å². The summed E-state index contributed by atoms with van der Waals surface area (Å²) in [5.74, 6) is 0.247. The Balaban J connectivity index is 2.39. The molecule has 5 heteroatoms. The first kappa shape index (κ1) is 12.3. The topological polar surface area (TPSA) is 60.4 Å². The summed E-state index contributed by atoms with van der Waals surface area (Å²) in [4.78, 5) is 10.4. The van der Waals surface area contributed by atoms with E-state index >= 15 is 0 Å². The van der Waals surface area contributed by atoms with Crippen LogP contribution in [0.25, 0.3) is 0 Å². The molecule has 0 amide bonds. The molecule has 18 heavy (non-hydrogen) atoms. The van der Waals surface area contributed by atoms with E-state index in [1.54, 1.807) is 18.2 Å². The summed E-state index contributed by atoms with van der Waals surface area (Å²) in [7, 11) is -3.52. The molecule has 1 radical (unpaired) electrons. The smallest absolute Gasteiger partial charge is 0.418 e. The molecule has 2 aromatic rings. The predicted octanol–water partition coefficient (Wildman–Crippen LogP) is 1.97. The number of sulfone groups is 1. The Morgan fingerprint density at radius 3 is 1.94 bits per heavy atom. The maximum atomic E-state index is 12.2. The SMILES string of the molecule is O=[C]Oc1ccc(S(=O)(=O)c2ccccc2)cc1. The van der Waals surface area contributed by atoms with E-state index in [2.05, 4.69) is 4.74 Å². The Kier molecular flexibility index (Phi) is 3.43. The summed E-state index contributed by atoms with van der Waals surface area (Å²) in [6, 6.07) is 13.7. The van der Waals surface area contributed by atoms with Crippen LogP contribution in [0.3, 0.4) is 0 Å². The minimum atomic E-state index is -3.52. The van der Waals surface area contributed by atoms with Gasteiger partial charge in [0.1, 0.15) is 5.75 Å². The molecule has 0 aliphatic rings. The highest BCUT2D eigenvalue weighted by Crippen LogP contribution is 2.22. The molecule has 91 valence electrons. The fourth-order valence-corrected chi connectivity index (χ4v) is 2.75. The quantitative estimate of drug-likeness (QED) is 0.844. The summed E-state index contributed by atoms with van der Waals surface area (Å²) in [6.45, 7) is 1.27. The van der Waals surface area contributed by atoms with E-state index in [0.717, 1.165) is 0 Å². The second-order valence-corrected chi connectivity index (χ2v) is 5.42. The van der Waals surface area contributed by atoms with Gasteiger partial charge in [0.25, 0.3) is 0 Å². The van der Waals surface area contributed by atoms with Crippen LogP contribution >= 0.6 is 0 Å². The summed E-state index contributed by atoms with van der Waals surface area (Å²) < 4.78 is 28.8. The van der Waals surface area contributed by atoms with Gasteiger partial charge < -0.3 is 4.74 Å². The fourth-order valence-electron chi connectivity index (χ4n) is 1.47. The molecule has 0 bridgehead atoms. The Hall–Kier alpha value is -2.14. The van der Waals surface area contributed by atoms with E-state index in [1.165, 1.54) is 42.9 Å². The monoisotopic (exact) mass is 261 g/mol. The van der Waals surface area contributed by atoms with Crippen LogP contribution in [0.2, 0.25) is 0 Å². The first-order valence-corrected chi connectivity index (χ1v) is 6.57. The van der Waals surface area contributed by atoms with Crippen molar-refractivity contribution < 1.29 is 17.9 Å². The number of rotatable bonds is 4. The van der Waals surface area contributed by atoms with Crippen LogP contribution in [0.1, 0.15) is 0 Å². The van der Waals surface area contributed by atoms with Crippen LogP contribution in [0.15, 0.2) is 64.4 Å². The number of hydrogen-bond acceptors (Lipinski definition) is 4. The van der Waals surface area contributed by atoms with E-state index in [9.17, 15) is 13.2 Å². The molecule has 0 aromatic heterocycles. The second kappa shape index (κ2) is 5.01. The number of ether oxygens (including phenoxy) is 1. The van der Waals surface area contributed by atoms with Crippen molar-refractivity contribution in [2.45, 2.75) is 9.79 Å². The van der Waals surface area contributed by atoms with Gasteiger partial charge in [0.15, 0.2) is 0 Å². The average molecular weight is 261 g/mol. The van der Waals surface area contributed by atoms with Crippen molar-refractivity contribution in [2.24, 2.45) is 0 Å². The average Bonchev–Trinajstić information content (AvgIpc) is 2.41. The third-order valence-electron chi connectivity index (χ3n) is 2.35. The van der Waals surface area contributed by atoms with Crippen LogP contribution in [-0.4, -0.2) is 14.9 Å². The van der Waals surface area contributed by atoms with Gasteiger partial charge in [0, 0.05) is 0 Å². The van der Waals surface area contributed by atoms with Crippen molar-refractivity contribution in [3.05, 3.63) is 54.6 Å². The van der Waals surface area contributed by atoms with Gasteiger partial charge in [-0.15, -0.1) is 0 Å². The lowest BCUT2D eigenvalue weighted by molar-refractivity contribution is 0.442. The number of hydrogen-bond donors (Lipinski definition) is 0. The molecular formula is C13H9O4S. The van der Waals surface area contributed by atoms with Crippen molar-refractivity contribution >= 4 is 16.3 Å². The predicted molar refractivity (Wildman–Crippen MR) is 64.7 cm³/mol. The lowest BCUT2D eigenvalue weighted by Crippen LogP contribution is -2.01. The van der Waals surface area contributed by atoms with Gasteiger partial charge in [0.2, 0.25) is 9.84 Å². The minimum absolute atomic E-state index is 0.145. The normalized spacial score (nSPS) is 10.9. The molecule has 0 N–H and O–H groups in total. The largest absolute Gasteiger partial charge is 0.423 e. The fraction of sp³-hybridized carbons (Fsp3) is 0. The summed E-state index contributed by atoms with van der Waals surface area (Å²) >= 11 is 0. The van der Waals surface area contributed by atoms with Gasteiger partial charge in [0.05, 0.1) is 9.79 Å². The van der Waals surface area contributed by atoms with Crippen LogP contribution in [0.4, 0.5) is 0 Å². The summed E-state index contributed by atoms with van der Waals surface area (Å²) in [6.07, 6.45) is 0. The highest BCUT2D eigenvalue weighted by atomic mass is 32.2. The Labute approximate surface area is 105 Å². The zero-order valence-corrected chi connectivity index (χ0v) is 10.1. The van der Waals surface area contributed by atoms with Crippen molar-refractivity contribution in [3.8, 4) is 5.75 Å².